The summed E-state index contributed by atoms with van der Waals surface area (Å²) in [5.74, 6) is 1.20. The van der Waals surface area contributed by atoms with Gasteiger partial charge in [-0.3, -0.25) is 0 Å². The van der Waals surface area contributed by atoms with Gasteiger partial charge < -0.3 is 5.32 Å². The number of nitrogens with one attached hydrogen (secondary N) is 1. The Kier molecular flexibility index (Phi) is 8.40. The van der Waals surface area contributed by atoms with Crippen LogP contribution in [0.2, 0.25) is 0 Å². The lowest BCUT2D eigenvalue weighted by molar-refractivity contribution is 0.565. The van der Waals surface area contributed by atoms with Gasteiger partial charge in [-0.05, 0) is 24.6 Å². The zero-order chi connectivity index (χ0) is 11.0. The van der Waals surface area contributed by atoms with Gasteiger partial charge >= 0.3 is 0 Å². The molecule has 0 saturated heterocycles. The quantitative estimate of drug-likeness (QED) is 0.622. The maximum Gasteiger partial charge on any atom is 0.0195 e. The summed E-state index contributed by atoms with van der Waals surface area (Å²) in [7, 11) is 0. The second kappa shape index (κ2) is 8.37. The molecule has 84 valence electrons. The summed E-state index contributed by atoms with van der Waals surface area (Å²) in [6.07, 6.45) is 2.23. The van der Waals surface area contributed by atoms with Gasteiger partial charge in [0.2, 0.25) is 0 Å². The zero-order valence-electron chi connectivity index (χ0n) is 10.1. The van der Waals surface area contributed by atoms with Gasteiger partial charge in [-0.25, -0.2) is 0 Å². The van der Waals surface area contributed by atoms with E-state index >= 15 is 0 Å². The molecule has 0 aromatic rings. The Morgan fingerprint density at radius 2 is 2.00 bits per heavy atom. The minimum atomic E-state index is 0.611. The molecular weight excluding hydrogens is 190 g/mol. The fraction of sp³-hybridized carbons (Fsp3) is 0.833. The van der Waals surface area contributed by atoms with Crippen LogP contribution in [0.5, 0.6) is 0 Å². The highest BCUT2D eigenvalue weighted by atomic mass is 32.2. The highest BCUT2D eigenvalue weighted by Crippen LogP contribution is 2.15. The molecule has 0 spiro atoms. The lowest BCUT2D eigenvalue weighted by Gasteiger charge is -2.19. The van der Waals surface area contributed by atoms with Crippen molar-refractivity contribution < 1.29 is 0 Å². The fourth-order valence-electron chi connectivity index (χ4n) is 1.28. The van der Waals surface area contributed by atoms with Crippen LogP contribution in [0.15, 0.2) is 12.2 Å². The van der Waals surface area contributed by atoms with Crippen LogP contribution in [-0.4, -0.2) is 23.6 Å². The Balaban J connectivity index is 3.82. The van der Waals surface area contributed by atoms with Crippen LogP contribution >= 0.6 is 11.8 Å². The van der Waals surface area contributed by atoms with Gasteiger partial charge in [-0.1, -0.05) is 39.8 Å². The number of hydrogen-bond acceptors (Lipinski definition) is 2. The largest absolute Gasteiger partial charge is 0.313 e. The van der Waals surface area contributed by atoms with E-state index in [-0.39, 0.29) is 0 Å². The van der Waals surface area contributed by atoms with Crippen LogP contribution in [0.4, 0.5) is 0 Å². The van der Waals surface area contributed by atoms with Crippen molar-refractivity contribution in [3.05, 3.63) is 12.2 Å². The van der Waals surface area contributed by atoms with Crippen molar-refractivity contribution in [3.8, 4) is 0 Å². The van der Waals surface area contributed by atoms with Crippen LogP contribution < -0.4 is 5.32 Å². The third-order valence-electron chi connectivity index (χ3n) is 2.16. The lowest BCUT2D eigenvalue weighted by atomic mass is 10.1. The topological polar surface area (TPSA) is 12.0 Å². The molecule has 0 aliphatic heterocycles. The third kappa shape index (κ3) is 7.45. The summed E-state index contributed by atoms with van der Waals surface area (Å²) in [4.78, 5) is 0. The van der Waals surface area contributed by atoms with Gasteiger partial charge in [0, 0.05) is 11.8 Å². The van der Waals surface area contributed by atoms with Gasteiger partial charge in [-0.2, -0.15) is 11.8 Å². The minimum absolute atomic E-state index is 0.611. The van der Waals surface area contributed by atoms with E-state index in [1.54, 1.807) is 0 Å². The number of hydrogen-bond donors (Lipinski definition) is 1. The molecule has 0 bridgehead atoms. The summed E-state index contributed by atoms with van der Waals surface area (Å²) in [6.45, 7) is 14.0. The molecule has 0 aromatic carbocycles. The van der Waals surface area contributed by atoms with Crippen molar-refractivity contribution in [2.24, 2.45) is 0 Å². The first kappa shape index (κ1) is 14.1. The molecule has 14 heavy (non-hydrogen) atoms. The molecule has 0 radical (unpaired) electrons. The van der Waals surface area contributed by atoms with Gasteiger partial charge in [0.15, 0.2) is 0 Å². The Bertz CT molecular complexity index is 154. The minimum Gasteiger partial charge on any atom is -0.313 e. The second-order valence-electron chi connectivity index (χ2n) is 3.94. The molecule has 0 saturated carbocycles. The molecule has 0 aliphatic carbocycles. The van der Waals surface area contributed by atoms with E-state index in [4.69, 9.17) is 0 Å². The predicted molar refractivity (Wildman–Crippen MR) is 69.1 cm³/mol. The van der Waals surface area contributed by atoms with Gasteiger partial charge in [0.1, 0.15) is 0 Å². The number of thioether (sulfide) groups is 1. The van der Waals surface area contributed by atoms with Crippen molar-refractivity contribution in [2.45, 2.75) is 51.8 Å². The standard InChI is InChI=1S/C12H25NS/c1-6-11(5)8-12(13-7-2)9-14-10(3)4/h10,12-13H,5-9H2,1-4H3. The molecule has 0 fully saturated rings. The molecule has 1 N–H and O–H groups in total. The first-order valence-electron chi connectivity index (χ1n) is 5.61. The molecule has 0 aromatic heterocycles. The van der Waals surface area contributed by atoms with E-state index in [9.17, 15) is 0 Å². The Hall–Kier alpha value is 0.0500. The lowest BCUT2D eigenvalue weighted by Crippen LogP contribution is -2.31. The Morgan fingerprint density at radius 3 is 2.43 bits per heavy atom. The van der Waals surface area contributed by atoms with E-state index in [0.29, 0.717) is 6.04 Å². The van der Waals surface area contributed by atoms with Crippen LogP contribution in [0.1, 0.15) is 40.5 Å². The van der Waals surface area contributed by atoms with Crippen molar-refractivity contribution >= 4 is 11.8 Å². The van der Waals surface area contributed by atoms with Crippen molar-refractivity contribution in [3.63, 3.8) is 0 Å². The third-order valence-corrected chi connectivity index (χ3v) is 3.42. The van der Waals surface area contributed by atoms with E-state index < -0.39 is 0 Å². The normalized spacial score (nSPS) is 13.2. The van der Waals surface area contributed by atoms with Gasteiger partial charge in [-0.15, -0.1) is 0 Å². The number of rotatable bonds is 8. The van der Waals surface area contributed by atoms with Crippen molar-refractivity contribution in [1.29, 1.82) is 0 Å². The highest BCUT2D eigenvalue weighted by molar-refractivity contribution is 7.99. The molecule has 1 unspecified atom stereocenters. The van der Waals surface area contributed by atoms with Crippen LogP contribution in [0.25, 0.3) is 0 Å². The molecule has 0 rings (SSSR count). The first-order chi connectivity index (χ1) is 6.60. The predicted octanol–water partition coefficient (Wildman–Crippen LogP) is 3.46. The summed E-state index contributed by atoms with van der Waals surface area (Å²) < 4.78 is 0. The Labute approximate surface area is 93.7 Å². The summed E-state index contributed by atoms with van der Waals surface area (Å²) in [5.41, 5.74) is 1.36. The maximum absolute atomic E-state index is 4.07. The van der Waals surface area contributed by atoms with E-state index in [2.05, 4.69) is 39.6 Å². The van der Waals surface area contributed by atoms with Crippen molar-refractivity contribution in [2.75, 3.05) is 12.3 Å². The average Bonchev–Trinajstić information content (AvgIpc) is 2.14. The monoisotopic (exact) mass is 215 g/mol. The maximum atomic E-state index is 4.07. The molecule has 0 aliphatic rings. The first-order valence-corrected chi connectivity index (χ1v) is 6.66. The molecule has 0 amide bonds. The van der Waals surface area contributed by atoms with E-state index in [1.807, 2.05) is 11.8 Å². The van der Waals surface area contributed by atoms with Gasteiger partial charge in [0.05, 0.1) is 0 Å². The molecule has 2 heteroatoms. The molecule has 1 atom stereocenters. The van der Waals surface area contributed by atoms with E-state index in [0.717, 1.165) is 24.6 Å². The highest BCUT2D eigenvalue weighted by Gasteiger charge is 2.09. The summed E-state index contributed by atoms with van der Waals surface area (Å²) >= 11 is 2.03. The van der Waals surface area contributed by atoms with Crippen LogP contribution in [0, 0.1) is 0 Å². The van der Waals surface area contributed by atoms with Gasteiger partial charge in [0.25, 0.3) is 0 Å². The Morgan fingerprint density at radius 1 is 1.36 bits per heavy atom. The molecule has 0 heterocycles. The molecule has 1 nitrogen and oxygen atoms in total. The smallest absolute Gasteiger partial charge is 0.0195 e. The fourth-order valence-corrected chi connectivity index (χ4v) is 2.13. The zero-order valence-corrected chi connectivity index (χ0v) is 10.9. The van der Waals surface area contributed by atoms with Crippen LogP contribution in [0.3, 0.4) is 0 Å². The molecular formula is C12H25NS. The average molecular weight is 215 g/mol. The summed E-state index contributed by atoms with van der Waals surface area (Å²) in [6, 6.07) is 0.611. The van der Waals surface area contributed by atoms with Crippen LogP contribution in [-0.2, 0) is 0 Å². The van der Waals surface area contributed by atoms with Crippen molar-refractivity contribution in [1.82, 2.24) is 5.32 Å². The van der Waals surface area contributed by atoms with E-state index in [1.165, 1.54) is 11.3 Å². The SMILES string of the molecule is C=C(CC)CC(CSC(C)C)NCC. The summed E-state index contributed by atoms with van der Waals surface area (Å²) in [5, 5.41) is 4.25. The second-order valence-corrected chi connectivity index (χ2v) is 5.55.